The predicted octanol–water partition coefficient (Wildman–Crippen LogP) is 1.22. The van der Waals surface area contributed by atoms with Gasteiger partial charge in [-0.3, -0.25) is 9.78 Å². The van der Waals surface area contributed by atoms with Gasteiger partial charge in [0.15, 0.2) is 19.5 Å². The summed E-state index contributed by atoms with van der Waals surface area (Å²) in [6.07, 6.45) is 5.68. The van der Waals surface area contributed by atoms with E-state index in [0.717, 1.165) is 48.6 Å². The first-order valence-electron chi connectivity index (χ1n) is 11.2. The van der Waals surface area contributed by atoms with Gasteiger partial charge in [0.05, 0.1) is 42.7 Å². The maximum Gasteiger partial charge on any atom is 0.278 e. The monoisotopic (exact) mass is 456 g/mol. The van der Waals surface area contributed by atoms with Crippen LogP contribution in [0.5, 0.6) is 0 Å². The number of carbonyl (C=O) groups is 1. The normalized spacial score (nSPS) is 17.5. The van der Waals surface area contributed by atoms with Crippen molar-refractivity contribution in [2.75, 3.05) is 54.1 Å². The summed E-state index contributed by atoms with van der Waals surface area (Å²) in [6.45, 7) is 3.49. The Labute approximate surface area is 198 Å². The molecule has 4 heterocycles. The van der Waals surface area contributed by atoms with Crippen LogP contribution >= 0.6 is 0 Å². The number of nitrogens with two attached hydrogens (primary N) is 1. The molecule has 1 unspecified atom stereocenters. The van der Waals surface area contributed by atoms with E-state index in [9.17, 15) is 4.79 Å². The maximum atomic E-state index is 13.2. The number of nitrogens with one attached hydrogen (secondary N) is 3. The Kier molecular flexibility index (Phi) is 6.28. The summed E-state index contributed by atoms with van der Waals surface area (Å²) in [4.78, 5) is 28.3. The number of fused-ring (bicyclic) bond motifs is 1. The third-order valence-corrected chi connectivity index (χ3v) is 6.06. The number of benzene rings is 1. The maximum absolute atomic E-state index is 13.2. The van der Waals surface area contributed by atoms with Crippen molar-refractivity contribution in [1.29, 1.82) is 0 Å². The van der Waals surface area contributed by atoms with Crippen LogP contribution < -0.4 is 26.5 Å². The van der Waals surface area contributed by atoms with Crippen molar-refractivity contribution in [1.82, 2.24) is 20.2 Å². The molecular weight excluding hydrogens is 431 g/mol. The van der Waals surface area contributed by atoms with E-state index in [1.807, 2.05) is 24.3 Å². The molecular formula is C23H25BN8O2. The fourth-order valence-electron chi connectivity index (χ4n) is 4.23. The van der Waals surface area contributed by atoms with Gasteiger partial charge in [-0.25, -0.2) is 9.97 Å². The van der Waals surface area contributed by atoms with Gasteiger partial charge in [0, 0.05) is 43.1 Å². The van der Waals surface area contributed by atoms with Crippen LogP contribution in [0.25, 0.3) is 11.3 Å². The number of morpholine rings is 1. The highest BCUT2D eigenvalue weighted by molar-refractivity contribution is 6.07. The number of pyridine rings is 1. The molecule has 10 nitrogen and oxygen atoms in total. The summed E-state index contributed by atoms with van der Waals surface area (Å²) < 4.78 is 5.44. The average molecular weight is 456 g/mol. The van der Waals surface area contributed by atoms with E-state index in [2.05, 4.69) is 35.7 Å². The molecule has 11 heteroatoms. The molecule has 2 aliphatic rings. The molecule has 2 aromatic heterocycles. The number of nitrogens with zero attached hydrogens (tertiary/aromatic N) is 4. The molecule has 34 heavy (non-hydrogen) atoms. The predicted molar refractivity (Wildman–Crippen MR) is 132 cm³/mol. The van der Waals surface area contributed by atoms with Gasteiger partial charge in [0.2, 0.25) is 0 Å². The molecule has 3 aromatic rings. The summed E-state index contributed by atoms with van der Waals surface area (Å²) in [5.41, 5.74) is 11.1. The molecule has 0 bridgehead atoms. The average Bonchev–Trinajstić information content (AvgIpc) is 2.89. The molecule has 172 valence electrons. The number of anilines is 4. The smallest absolute Gasteiger partial charge is 0.278 e. The van der Waals surface area contributed by atoms with Crippen LogP contribution in [-0.2, 0) is 11.2 Å². The highest BCUT2D eigenvalue weighted by Gasteiger charge is 2.21. The third-order valence-electron chi connectivity index (χ3n) is 6.06. The Morgan fingerprint density at radius 2 is 2.09 bits per heavy atom. The second-order valence-electron chi connectivity index (χ2n) is 8.26. The topological polar surface area (TPSA) is 130 Å². The number of nitrogen functional groups attached to an aromatic ring is 1. The molecule has 2 radical (unpaired) electrons. The van der Waals surface area contributed by atoms with E-state index < -0.39 is 5.91 Å². The highest BCUT2D eigenvalue weighted by Crippen LogP contribution is 2.29. The van der Waals surface area contributed by atoms with Gasteiger partial charge >= 0.3 is 0 Å². The van der Waals surface area contributed by atoms with E-state index in [0.29, 0.717) is 24.6 Å². The van der Waals surface area contributed by atoms with Gasteiger partial charge in [-0.15, -0.1) is 0 Å². The van der Waals surface area contributed by atoms with Crippen LogP contribution in [0, 0.1) is 0 Å². The summed E-state index contributed by atoms with van der Waals surface area (Å²) in [5, 5.41) is 9.08. The lowest BCUT2D eigenvalue weighted by Crippen LogP contribution is -2.38. The van der Waals surface area contributed by atoms with E-state index in [1.165, 1.54) is 0 Å². The van der Waals surface area contributed by atoms with Gasteiger partial charge in [-0.2, -0.15) is 0 Å². The fourth-order valence-corrected chi connectivity index (χ4v) is 4.23. The number of ether oxygens (including phenoxy) is 1. The molecule has 0 spiro atoms. The van der Waals surface area contributed by atoms with E-state index in [-0.39, 0.29) is 17.6 Å². The van der Waals surface area contributed by atoms with Crippen molar-refractivity contribution in [3.05, 3.63) is 54.1 Å². The highest BCUT2D eigenvalue weighted by atomic mass is 16.5. The quantitative estimate of drug-likeness (QED) is 0.419. The van der Waals surface area contributed by atoms with Gasteiger partial charge in [0.1, 0.15) is 0 Å². The van der Waals surface area contributed by atoms with Gasteiger partial charge in [-0.1, -0.05) is 6.07 Å². The number of aromatic nitrogens is 3. The van der Waals surface area contributed by atoms with Crippen LogP contribution in [-0.4, -0.2) is 67.7 Å². The van der Waals surface area contributed by atoms with Crippen molar-refractivity contribution in [3.8, 4) is 11.3 Å². The van der Waals surface area contributed by atoms with Crippen LogP contribution in [0.1, 0.15) is 16.1 Å². The summed E-state index contributed by atoms with van der Waals surface area (Å²) >= 11 is 0. The van der Waals surface area contributed by atoms with E-state index >= 15 is 0 Å². The van der Waals surface area contributed by atoms with Gasteiger partial charge in [-0.05, 0) is 30.2 Å². The lowest BCUT2D eigenvalue weighted by molar-refractivity contribution is 0.102. The first kappa shape index (κ1) is 22.1. The lowest BCUT2D eigenvalue weighted by Gasteiger charge is -2.30. The molecule has 1 amide bonds. The van der Waals surface area contributed by atoms with Crippen molar-refractivity contribution in [2.45, 2.75) is 12.5 Å². The van der Waals surface area contributed by atoms with Crippen LogP contribution in [0.3, 0.4) is 0 Å². The van der Waals surface area contributed by atoms with E-state index in [4.69, 9.17) is 18.5 Å². The minimum atomic E-state index is -0.443. The molecule has 1 fully saturated rings. The molecule has 5 rings (SSSR count). The molecule has 2 aliphatic heterocycles. The summed E-state index contributed by atoms with van der Waals surface area (Å²) in [6, 6.07) is 7.99. The second kappa shape index (κ2) is 9.66. The van der Waals surface area contributed by atoms with Gasteiger partial charge < -0.3 is 31.2 Å². The standard InChI is InChI=1S/C23H25BN8O2/c24-31-16-10-15-9-14(1-2-17(15)27-11-16)18-13-28-22(25)21(29-18)23(33)30-19-12-26-4-3-20(19)32-5-7-34-8-6-32/h1-4,9,12-13,16,27,31H,5-8,10-11H2,(H2,25,28)(H,30,33). The second-order valence-corrected chi connectivity index (χ2v) is 8.26. The fraction of sp³-hybridized carbons (Fsp3) is 0.304. The Bertz CT molecular complexity index is 1200. The largest absolute Gasteiger partial charge is 0.383 e. The number of carbonyl (C=O) groups excluding carboxylic acids is 1. The van der Waals surface area contributed by atoms with Crippen LogP contribution in [0.15, 0.2) is 42.9 Å². The molecule has 0 aliphatic carbocycles. The number of rotatable bonds is 5. The first-order valence-corrected chi connectivity index (χ1v) is 11.2. The van der Waals surface area contributed by atoms with E-state index in [1.54, 1.807) is 18.6 Å². The Morgan fingerprint density at radius 3 is 2.91 bits per heavy atom. The number of amides is 1. The molecule has 5 N–H and O–H groups in total. The summed E-state index contributed by atoms with van der Waals surface area (Å²) in [5.74, 6) is -0.383. The van der Waals surface area contributed by atoms with Crippen LogP contribution in [0.4, 0.5) is 22.9 Å². The third kappa shape index (κ3) is 4.52. The Balaban J connectivity index is 1.40. The SMILES string of the molecule is [B]NC1CNc2ccc(-c3cnc(N)c(C(=O)Nc4cnccc4N4CCOCC4)n3)cc2C1. The first-order chi connectivity index (χ1) is 16.6. The van der Waals surface area contributed by atoms with Gasteiger partial charge in [0.25, 0.3) is 5.91 Å². The zero-order chi connectivity index (χ0) is 23.5. The summed E-state index contributed by atoms with van der Waals surface area (Å²) in [7, 11) is 5.62. The molecule has 1 saturated heterocycles. The van der Waals surface area contributed by atoms with Crippen molar-refractivity contribution in [3.63, 3.8) is 0 Å². The number of hydrogen-bond donors (Lipinski definition) is 4. The molecule has 1 atom stereocenters. The lowest BCUT2D eigenvalue weighted by atomic mass is 9.96. The van der Waals surface area contributed by atoms with Crippen molar-refractivity contribution in [2.24, 2.45) is 0 Å². The van der Waals surface area contributed by atoms with Crippen molar-refractivity contribution < 1.29 is 9.53 Å². The minimum Gasteiger partial charge on any atom is -0.383 e. The van der Waals surface area contributed by atoms with Crippen molar-refractivity contribution >= 4 is 36.8 Å². The Morgan fingerprint density at radius 1 is 1.24 bits per heavy atom. The molecule has 0 saturated carbocycles. The zero-order valence-electron chi connectivity index (χ0n) is 18.6. The zero-order valence-corrected chi connectivity index (χ0v) is 18.6. The number of hydrogen-bond acceptors (Lipinski definition) is 9. The molecule has 1 aromatic carbocycles. The Hall–Kier alpha value is -3.70. The minimum absolute atomic E-state index is 0.0603. The van der Waals surface area contributed by atoms with Crippen LogP contribution in [0.2, 0.25) is 0 Å².